The molecule has 0 fully saturated rings. The van der Waals surface area contributed by atoms with Gasteiger partial charge in [-0.05, 0) is 32.5 Å². The minimum atomic E-state index is 0.345. The summed E-state index contributed by atoms with van der Waals surface area (Å²) in [4.78, 5) is 12.3. The molecule has 0 spiro atoms. The van der Waals surface area contributed by atoms with Gasteiger partial charge in [0, 0.05) is 36.9 Å². The summed E-state index contributed by atoms with van der Waals surface area (Å²) < 4.78 is 0. The van der Waals surface area contributed by atoms with Crippen LogP contribution in [0.15, 0.2) is 24.5 Å². The van der Waals surface area contributed by atoms with Gasteiger partial charge in [-0.1, -0.05) is 6.07 Å². The molecule has 2 rings (SSSR count). The Bertz CT molecular complexity index is 523. The van der Waals surface area contributed by atoms with Crippen molar-refractivity contribution in [1.29, 1.82) is 0 Å². The van der Waals surface area contributed by atoms with Crippen molar-refractivity contribution in [2.24, 2.45) is 0 Å². The predicted octanol–water partition coefficient (Wildman–Crippen LogP) is 2.76. The van der Waals surface area contributed by atoms with Gasteiger partial charge in [0.1, 0.15) is 0 Å². The molecule has 2 aromatic rings. The molecule has 2 heterocycles. The largest absolute Gasteiger partial charge is 0.347 e. The van der Waals surface area contributed by atoms with E-state index in [1.54, 1.807) is 17.5 Å². The van der Waals surface area contributed by atoms with Crippen LogP contribution in [0.25, 0.3) is 0 Å². The van der Waals surface area contributed by atoms with Gasteiger partial charge in [-0.15, -0.1) is 11.3 Å². The Balaban J connectivity index is 2.14. The first-order valence-corrected chi connectivity index (χ1v) is 7.18. The first kappa shape index (κ1) is 14.0. The van der Waals surface area contributed by atoms with E-state index in [2.05, 4.69) is 47.1 Å². The standard InChI is InChI=1S/C14H20N4S/c1-10(15-3)13-11(2)17-14(19-13)18(4)9-12-6-5-7-16-8-12/h5-8,10,15H,9H2,1-4H3. The fourth-order valence-corrected chi connectivity index (χ4v) is 3.01. The third-order valence-corrected chi connectivity index (χ3v) is 4.57. The van der Waals surface area contributed by atoms with Crippen LogP contribution < -0.4 is 10.2 Å². The highest BCUT2D eigenvalue weighted by atomic mass is 32.1. The summed E-state index contributed by atoms with van der Waals surface area (Å²) in [6.45, 7) is 5.06. The van der Waals surface area contributed by atoms with Crippen LogP contribution >= 0.6 is 11.3 Å². The molecule has 5 heteroatoms. The third-order valence-electron chi connectivity index (χ3n) is 3.12. The minimum absolute atomic E-state index is 0.345. The molecule has 2 aromatic heterocycles. The Labute approximate surface area is 118 Å². The number of aryl methyl sites for hydroxylation is 1. The van der Waals surface area contributed by atoms with E-state index in [-0.39, 0.29) is 0 Å². The average Bonchev–Trinajstić information content (AvgIpc) is 2.81. The molecule has 0 bridgehead atoms. The topological polar surface area (TPSA) is 41.0 Å². The highest BCUT2D eigenvalue weighted by Gasteiger charge is 2.15. The van der Waals surface area contributed by atoms with Crippen LogP contribution in [0.4, 0.5) is 5.13 Å². The molecule has 0 saturated carbocycles. The van der Waals surface area contributed by atoms with Crippen molar-refractivity contribution in [1.82, 2.24) is 15.3 Å². The minimum Gasteiger partial charge on any atom is -0.347 e. The highest BCUT2D eigenvalue weighted by molar-refractivity contribution is 7.15. The molecule has 102 valence electrons. The Hall–Kier alpha value is -1.46. The van der Waals surface area contributed by atoms with E-state index in [9.17, 15) is 0 Å². The summed E-state index contributed by atoms with van der Waals surface area (Å²) in [5.41, 5.74) is 2.31. The first-order chi connectivity index (χ1) is 9.11. The zero-order valence-electron chi connectivity index (χ0n) is 11.8. The molecular formula is C14H20N4S. The maximum Gasteiger partial charge on any atom is 0.185 e. The normalized spacial score (nSPS) is 12.4. The van der Waals surface area contributed by atoms with Gasteiger partial charge in [0.2, 0.25) is 0 Å². The number of hydrogen-bond acceptors (Lipinski definition) is 5. The fraction of sp³-hybridized carbons (Fsp3) is 0.429. The molecule has 1 N–H and O–H groups in total. The van der Waals surface area contributed by atoms with E-state index in [4.69, 9.17) is 0 Å². The number of anilines is 1. The van der Waals surface area contributed by atoms with Gasteiger partial charge in [-0.3, -0.25) is 4.98 Å². The lowest BCUT2D eigenvalue weighted by molar-refractivity contribution is 0.658. The lowest BCUT2D eigenvalue weighted by Gasteiger charge is -2.15. The van der Waals surface area contributed by atoms with E-state index < -0.39 is 0 Å². The van der Waals surface area contributed by atoms with E-state index in [1.807, 2.05) is 19.3 Å². The van der Waals surface area contributed by atoms with Gasteiger partial charge >= 0.3 is 0 Å². The van der Waals surface area contributed by atoms with E-state index in [1.165, 1.54) is 10.4 Å². The van der Waals surface area contributed by atoms with Crippen LogP contribution in [0, 0.1) is 6.92 Å². The molecule has 0 aromatic carbocycles. The number of nitrogens with one attached hydrogen (secondary N) is 1. The maximum absolute atomic E-state index is 4.66. The zero-order chi connectivity index (χ0) is 13.8. The predicted molar refractivity (Wildman–Crippen MR) is 80.7 cm³/mol. The quantitative estimate of drug-likeness (QED) is 0.911. The van der Waals surface area contributed by atoms with Gasteiger partial charge in [0.15, 0.2) is 5.13 Å². The third kappa shape index (κ3) is 3.30. The lowest BCUT2D eigenvalue weighted by Crippen LogP contribution is -2.16. The molecule has 0 aliphatic carbocycles. The van der Waals surface area contributed by atoms with Crippen molar-refractivity contribution >= 4 is 16.5 Å². The number of rotatable bonds is 5. The van der Waals surface area contributed by atoms with Crippen LogP contribution in [0.2, 0.25) is 0 Å². The van der Waals surface area contributed by atoms with Crippen molar-refractivity contribution in [3.8, 4) is 0 Å². The van der Waals surface area contributed by atoms with E-state index in [0.717, 1.165) is 17.4 Å². The van der Waals surface area contributed by atoms with Crippen LogP contribution in [-0.2, 0) is 6.54 Å². The van der Waals surface area contributed by atoms with Crippen LogP contribution in [0.1, 0.15) is 29.1 Å². The number of aromatic nitrogens is 2. The highest BCUT2D eigenvalue weighted by Crippen LogP contribution is 2.30. The van der Waals surface area contributed by atoms with Gasteiger partial charge in [-0.25, -0.2) is 4.98 Å². The van der Waals surface area contributed by atoms with Crippen LogP contribution in [0.5, 0.6) is 0 Å². The monoisotopic (exact) mass is 276 g/mol. The summed E-state index contributed by atoms with van der Waals surface area (Å²) in [7, 11) is 4.04. The Morgan fingerprint density at radius 1 is 1.47 bits per heavy atom. The number of pyridine rings is 1. The lowest BCUT2D eigenvalue weighted by atomic mass is 10.2. The van der Waals surface area contributed by atoms with Crippen molar-refractivity contribution in [3.63, 3.8) is 0 Å². The van der Waals surface area contributed by atoms with Gasteiger partial charge in [-0.2, -0.15) is 0 Å². The molecule has 19 heavy (non-hydrogen) atoms. The Morgan fingerprint density at radius 3 is 2.89 bits per heavy atom. The van der Waals surface area contributed by atoms with Crippen LogP contribution in [0.3, 0.4) is 0 Å². The van der Waals surface area contributed by atoms with Gasteiger partial charge in [0.05, 0.1) is 5.69 Å². The van der Waals surface area contributed by atoms with Crippen molar-refractivity contribution in [2.75, 3.05) is 19.0 Å². The zero-order valence-corrected chi connectivity index (χ0v) is 12.7. The molecule has 1 atom stereocenters. The number of hydrogen-bond donors (Lipinski definition) is 1. The summed E-state index contributed by atoms with van der Waals surface area (Å²) in [6, 6.07) is 4.39. The number of nitrogens with zero attached hydrogens (tertiary/aromatic N) is 3. The molecule has 0 aliphatic rings. The summed E-state index contributed by atoms with van der Waals surface area (Å²) in [5, 5.41) is 4.32. The molecular weight excluding hydrogens is 256 g/mol. The molecule has 1 unspecified atom stereocenters. The van der Waals surface area contributed by atoms with Crippen LogP contribution in [-0.4, -0.2) is 24.1 Å². The summed E-state index contributed by atoms with van der Waals surface area (Å²) in [5.74, 6) is 0. The van der Waals surface area contributed by atoms with Gasteiger partial charge < -0.3 is 10.2 Å². The molecule has 0 aliphatic heterocycles. The molecule has 0 saturated heterocycles. The second-order valence-electron chi connectivity index (χ2n) is 4.67. The van der Waals surface area contributed by atoms with Crippen molar-refractivity contribution < 1.29 is 0 Å². The van der Waals surface area contributed by atoms with E-state index >= 15 is 0 Å². The Morgan fingerprint density at radius 2 is 2.26 bits per heavy atom. The maximum atomic E-state index is 4.66. The smallest absolute Gasteiger partial charge is 0.185 e. The molecule has 0 amide bonds. The molecule has 0 radical (unpaired) electrons. The fourth-order valence-electron chi connectivity index (χ4n) is 1.92. The van der Waals surface area contributed by atoms with E-state index in [0.29, 0.717) is 6.04 Å². The first-order valence-electron chi connectivity index (χ1n) is 6.36. The second kappa shape index (κ2) is 6.12. The summed E-state index contributed by atoms with van der Waals surface area (Å²) in [6.07, 6.45) is 3.69. The number of thiazole rings is 1. The summed E-state index contributed by atoms with van der Waals surface area (Å²) >= 11 is 1.75. The van der Waals surface area contributed by atoms with Crippen molar-refractivity contribution in [2.45, 2.75) is 26.4 Å². The second-order valence-corrected chi connectivity index (χ2v) is 5.68. The van der Waals surface area contributed by atoms with Gasteiger partial charge in [0.25, 0.3) is 0 Å². The average molecular weight is 276 g/mol. The van der Waals surface area contributed by atoms with Crippen molar-refractivity contribution in [3.05, 3.63) is 40.7 Å². The SMILES string of the molecule is CNC(C)c1sc(N(C)Cc2cccnc2)nc1C. The Kier molecular flexibility index (Phi) is 4.50. The molecule has 4 nitrogen and oxygen atoms in total.